The molecule has 1 saturated heterocycles. The zero-order valence-corrected chi connectivity index (χ0v) is 12.8. The van der Waals surface area contributed by atoms with Gasteiger partial charge in [-0.05, 0) is 12.1 Å². The van der Waals surface area contributed by atoms with Crippen molar-refractivity contribution in [1.82, 2.24) is 10.1 Å². The highest BCUT2D eigenvalue weighted by Crippen LogP contribution is 2.21. The predicted molar refractivity (Wildman–Crippen MR) is 78.9 cm³/mol. The molecule has 0 saturated carbocycles. The summed E-state index contributed by atoms with van der Waals surface area (Å²) >= 11 is 0. The number of nitrogens with zero attached hydrogens (tertiary/aromatic N) is 2. The zero-order chi connectivity index (χ0) is 15.9. The van der Waals surface area contributed by atoms with E-state index in [0.29, 0.717) is 11.3 Å². The van der Waals surface area contributed by atoms with Crippen molar-refractivity contribution in [3.63, 3.8) is 0 Å². The lowest BCUT2D eigenvalue weighted by molar-refractivity contribution is -0.132. The van der Waals surface area contributed by atoms with E-state index in [1.165, 1.54) is 11.9 Å². The van der Waals surface area contributed by atoms with Crippen LogP contribution in [-0.2, 0) is 21.1 Å². The molecule has 0 bridgehead atoms. The standard InChI is InChI=1S/C14H16N2O5S/c1-16(11-7-22(19,20)8-12(11)17)14(18)6-10-9-4-2-3-5-13(9)21-15-10/h2-5,11-12,17H,6-8H2,1H3/t11-,12-/m1/s1. The number of sulfone groups is 1. The summed E-state index contributed by atoms with van der Waals surface area (Å²) in [6.07, 6.45) is -1.05. The summed E-state index contributed by atoms with van der Waals surface area (Å²) in [6, 6.07) is 6.49. The quantitative estimate of drug-likeness (QED) is 0.852. The van der Waals surface area contributed by atoms with E-state index in [2.05, 4.69) is 5.16 Å². The number of hydrogen-bond acceptors (Lipinski definition) is 6. The van der Waals surface area contributed by atoms with Crippen LogP contribution in [0.15, 0.2) is 28.8 Å². The fourth-order valence-corrected chi connectivity index (χ4v) is 4.54. The van der Waals surface area contributed by atoms with Gasteiger partial charge >= 0.3 is 0 Å². The smallest absolute Gasteiger partial charge is 0.228 e. The van der Waals surface area contributed by atoms with Crippen molar-refractivity contribution in [2.75, 3.05) is 18.6 Å². The first-order valence-electron chi connectivity index (χ1n) is 6.85. The maximum Gasteiger partial charge on any atom is 0.228 e. The average Bonchev–Trinajstić information content (AvgIpc) is 2.99. The molecule has 3 rings (SSSR count). The SMILES string of the molecule is CN(C(=O)Cc1noc2ccccc12)[C@@H]1CS(=O)(=O)C[C@H]1O. The highest BCUT2D eigenvalue weighted by atomic mass is 32.2. The van der Waals surface area contributed by atoms with E-state index in [1.807, 2.05) is 18.2 Å². The summed E-state index contributed by atoms with van der Waals surface area (Å²) in [7, 11) is -1.80. The van der Waals surface area contributed by atoms with Gasteiger partial charge in [-0.3, -0.25) is 4.79 Å². The highest BCUT2D eigenvalue weighted by Gasteiger charge is 2.40. The maximum atomic E-state index is 12.3. The van der Waals surface area contributed by atoms with Crippen LogP contribution < -0.4 is 0 Å². The van der Waals surface area contributed by atoms with Gasteiger partial charge in [0.1, 0.15) is 5.69 Å². The number of carbonyl (C=O) groups excluding carboxylic acids is 1. The fourth-order valence-electron chi connectivity index (χ4n) is 2.70. The van der Waals surface area contributed by atoms with Gasteiger partial charge in [0.2, 0.25) is 5.91 Å². The predicted octanol–water partition coefficient (Wildman–Crippen LogP) is -0.0134. The molecule has 7 nitrogen and oxygen atoms in total. The van der Waals surface area contributed by atoms with Crippen LogP contribution in [0, 0.1) is 0 Å². The monoisotopic (exact) mass is 324 g/mol. The molecule has 8 heteroatoms. The van der Waals surface area contributed by atoms with Crippen LogP contribution in [0.5, 0.6) is 0 Å². The summed E-state index contributed by atoms with van der Waals surface area (Å²) in [5.74, 6) is -0.821. The molecule has 1 aromatic heterocycles. The molecule has 1 N–H and O–H groups in total. The van der Waals surface area contributed by atoms with Crippen LogP contribution in [0.25, 0.3) is 11.0 Å². The molecule has 1 aliphatic heterocycles. The van der Waals surface area contributed by atoms with E-state index in [0.717, 1.165) is 5.39 Å². The molecule has 22 heavy (non-hydrogen) atoms. The number of amides is 1. The normalized spacial score (nSPS) is 23.7. The Labute approximate surface area is 127 Å². The largest absolute Gasteiger partial charge is 0.390 e. The molecule has 118 valence electrons. The first-order chi connectivity index (χ1) is 10.4. The third-order valence-electron chi connectivity index (χ3n) is 3.96. The van der Waals surface area contributed by atoms with Crippen LogP contribution in [0.4, 0.5) is 0 Å². The Morgan fingerprint density at radius 3 is 2.82 bits per heavy atom. The summed E-state index contributed by atoms with van der Waals surface area (Å²) in [5, 5.41) is 14.5. The summed E-state index contributed by atoms with van der Waals surface area (Å²) in [4.78, 5) is 13.6. The average molecular weight is 324 g/mol. The van der Waals surface area contributed by atoms with Crippen molar-refractivity contribution in [1.29, 1.82) is 0 Å². The van der Waals surface area contributed by atoms with E-state index in [1.54, 1.807) is 6.07 Å². The van der Waals surface area contributed by atoms with Crippen molar-refractivity contribution in [3.8, 4) is 0 Å². The van der Waals surface area contributed by atoms with Crippen LogP contribution in [0.1, 0.15) is 5.69 Å². The lowest BCUT2D eigenvalue weighted by Gasteiger charge is -2.25. The molecule has 1 aromatic carbocycles. The molecule has 2 atom stereocenters. The van der Waals surface area contributed by atoms with Crippen LogP contribution in [0.2, 0.25) is 0 Å². The molecule has 0 unspecified atom stereocenters. The fraction of sp³-hybridized carbons (Fsp3) is 0.429. The Kier molecular flexibility index (Phi) is 3.65. The second kappa shape index (κ2) is 5.36. The van der Waals surface area contributed by atoms with Gasteiger partial charge in [-0.25, -0.2) is 8.42 Å². The Bertz CT molecular complexity index is 814. The van der Waals surface area contributed by atoms with Gasteiger partial charge in [-0.1, -0.05) is 17.3 Å². The topological polar surface area (TPSA) is 101 Å². The third kappa shape index (κ3) is 2.71. The number of benzene rings is 1. The van der Waals surface area contributed by atoms with Crippen molar-refractivity contribution >= 4 is 26.7 Å². The van der Waals surface area contributed by atoms with E-state index < -0.39 is 22.0 Å². The Morgan fingerprint density at radius 1 is 1.41 bits per heavy atom. The number of carbonyl (C=O) groups is 1. The lowest BCUT2D eigenvalue weighted by atomic mass is 10.1. The minimum atomic E-state index is -3.30. The van der Waals surface area contributed by atoms with Gasteiger partial charge in [0.25, 0.3) is 0 Å². The van der Waals surface area contributed by atoms with E-state index >= 15 is 0 Å². The molecule has 0 radical (unpaired) electrons. The van der Waals surface area contributed by atoms with Gasteiger partial charge in [0, 0.05) is 12.4 Å². The number of rotatable bonds is 3. The van der Waals surface area contributed by atoms with Crippen LogP contribution >= 0.6 is 0 Å². The molecule has 2 aromatic rings. The maximum absolute atomic E-state index is 12.3. The summed E-state index contributed by atoms with van der Waals surface area (Å²) in [6.45, 7) is 0. The van der Waals surface area contributed by atoms with Crippen molar-refractivity contribution in [2.24, 2.45) is 0 Å². The van der Waals surface area contributed by atoms with Crippen molar-refractivity contribution in [2.45, 2.75) is 18.6 Å². The first kappa shape index (κ1) is 15.0. The number of para-hydroxylation sites is 1. The van der Waals surface area contributed by atoms with E-state index in [4.69, 9.17) is 4.52 Å². The third-order valence-corrected chi connectivity index (χ3v) is 5.65. The lowest BCUT2D eigenvalue weighted by Crippen LogP contribution is -2.44. The van der Waals surface area contributed by atoms with Crippen molar-refractivity contribution in [3.05, 3.63) is 30.0 Å². The van der Waals surface area contributed by atoms with Gasteiger partial charge in [0.15, 0.2) is 15.4 Å². The number of hydrogen-bond donors (Lipinski definition) is 1. The second-order valence-electron chi connectivity index (χ2n) is 5.52. The van der Waals surface area contributed by atoms with Crippen molar-refractivity contribution < 1.29 is 22.8 Å². The van der Waals surface area contributed by atoms with Crippen LogP contribution in [0.3, 0.4) is 0 Å². The number of fused-ring (bicyclic) bond motifs is 1. The molecule has 1 amide bonds. The van der Waals surface area contributed by atoms with Gasteiger partial charge in [-0.15, -0.1) is 0 Å². The van der Waals surface area contributed by atoms with E-state index in [9.17, 15) is 18.3 Å². The molecule has 0 aliphatic carbocycles. The van der Waals surface area contributed by atoms with E-state index in [-0.39, 0.29) is 23.8 Å². The molecular formula is C14H16N2O5S. The number of aromatic nitrogens is 1. The van der Waals surface area contributed by atoms with Gasteiger partial charge < -0.3 is 14.5 Å². The first-order valence-corrected chi connectivity index (χ1v) is 8.67. The molecule has 2 heterocycles. The Hall–Kier alpha value is -1.93. The molecule has 1 fully saturated rings. The molecule has 0 spiro atoms. The van der Waals surface area contributed by atoms with Crippen LogP contribution in [-0.4, -0.2) is 60.2 Å². The summed E-state index contributed by atoms with van der Waals surface area (Å²) < 4.78 is 28.2. The molecule has 1 aliphatic rings. The number of likely N-dealkylation sites (N-methyl/N-ethyl adjacent to an activating group) is 1. The minimum Gasteiger partial charge on any atom is -0.390 e. The minimum absolute atomic E-state index is 0.00319. The number of aliphatic hydroxyl groups excluding tert-OH is 1. The Morgan fingerprint density at radius 2 is 2.14 bits per heavy atom. The van der Waals surface area contributed by atoms with Gasteiger partial charge in [0.05, 0.1) is 30.1 Å². The summed E-state index contributed by atoms with van der Waals surface area (Å²) in [5.41, 5.74) is 1.10. The zero-order valence-electron chi connectivity index (χ0n) is 12.0. The Balaban J connectivity index is 1.77. The highest BCUT2D eigenvalue weighted by molar-refractivity contribution is 7.91. The second-order valence-corrected chi connectivity index (χ2v) is 7.67. The number of aliphatic hydroxyl groups is 1. The van der Waals surface area contributed by atoms with Gasteiger partial charge in [-0.2, -0.15) is 0 Å². The molecular weight excluding hydrogens is 308 g/mol.